The van der Waals surface area contributed by atoms with Gasteiger partial charge in [0.1, 0.15) is 17.5 Å². The summed E-state index contributed by atoms with van der Waals surface area (Å²) >= 11 is 0. The predicted molar refractivity (Wildman–Crippen MR) is 87.4 cm³/mol. The van der Waals surface area contributed by atoms with Gasteiger partial charge in [0.05, 0.1) is 0 Å². The molecule has 0 saturated heterocycles. The van der Waals surface area contributed by atoms with E-state index < -0.39 is 0 Å². The summed E-state index contributed by atoms with van der Waals surface area (Å²) in [5.41, 5.74) is 1.11. The van der Waals surface area contributed by atoms with Gasteiger partial charge in [-0.2, -0.15) is 0 Å². The van der Waals surface area contributed by atoms with Gasteiger partial charge in [0, 0.05) is 18.2 Å². The van der Waals surface area contributed by atoms with Crippen LogP contribution in [0, 0.1) is 19.8 Å². The Kier molecular flexibility index (Phi) is 6.76. The second-order valence-corrected chi connectivity index (χ2v) is 6.04. The molecule has 4 nitrogen and oxygen atoms in total. The van der Waals surface area contributed by atoms with E-state index in [0.717, 1.165) is 48.3 Å². The molecule has 1 atom stereocenters. The van der Waals surface area contributed by atoms with Crippen molar-refractivity contribution in [3.8, 4) is 0 Å². The van der Waals surface area contributed by atoms with Crippen molar-refractivity contribution in [1.29, 1.82) is 0 Å². The number of aryl methyl sites for hydroxylation is 1. The van der Waals surface area contributed by atoms with Gasteiger partial charge in [-0.25, -0.2) is 9.97 Å². The Bertz CT molecular complexity index is 415. The molecule has 0 spiro atoms. The van der Waals surface area contributed by atoms with E-state index in [9.17, 15) is 0 Å². The molecule has 4 heteroatoms. The zero-order chi connectivity index (χ0) is 15.1. The number of nitrogens with zero attached hydrogens (tertiary/aromatic N) is 2. The monoisotopic (exact) mass is 278 g/mol. The van der Waals surface area contributed by atoms with Crippen molar-refractivity contribution in [2.24, 2.45) is 5.92 Å². The van der Waals surface area contributed by atoms with Crippen molar-refractivity contribution < 1.29 is 0 Å². The van der Waals surface area contributed by atoms with Gasteiger partial charge in [0.25, 0.3) is 0 Å². The summed E-state index contributed by atoms with van der Waals surface area (Å²) in [6, 6.07) is 0.435. The average molecular weight is 278 g/mol. The first kappa shape index (κ1) is 16.7. The second-order valence-electron chi connectivity index (χ2n) is 6.04. The van der Waals surface area contributed by atoms with Gasteiger partial charge in [-0.05, 0) is 46.0 Å². The van der Waals surface area contributed by atoms with Crippen LogP contribution in [0.25, 0.3) is 0 Å². The van der Waals surface area contributed by atoms with Crippen LogP contribution in [0.4, 0.5) is 11.6 Å². The normalized spacial score (nSPS) is 12.6. The zero-order valence-corrected chi connectivity index (χ0v) is 13.9. The fourth-order valence-corrected chi connectivity index (χ4v) is 2.07. The summed E-state index contributed by atoms with van der Waals surface area (Å²) in [7, 11) is 0. The standard InChI is InChI=1S/C16H30N4/c1-7-10-17-15-13(5)16(20-14(6)19-15)18-12(4)9-8-11(2)3/h11-12H,7-10H2,1-6H3,(H2,17,18,19,20). The van der Waals surface area contributed by atoms with Crippen LogP contribution in [0.15, 0.2) is 0 Å². The first-order valence-electron chi connectivity index (χ1n) is 7.79. The van der Waals surface area contributed by atoms with Crippen LogP contribution in [0.2, 0.25) is 0 Å². The van der Waals surface area contributed by atoms with E-state index >= 15 is 0 Å². The maximum absolute atomic E-state index is 4.55. The molecule has 0 bridgehead atoms. The highest BCUT2D eigenvalue weighted by Crippen LogP contribution is 2.21. The molecular formula is C16H30N4. The summed E-state index contributed by atoms with van der Waals surface area (Å²) in [4.78, 5) is 9.04. The molecule has 0 radical (unpaired) electrons. The molecule has 1 unspecified atom stereocenters. The van der Waals surface area contributed by atoms with Crippen molar-refractivity contribution in [2.75, 3.05) is 17.2 Å². The van der Waals surface area contributed by atoms with E-state index in [1.54, 1.807) is 0 Å². The topological polar surface area (TPSA) is 49.8 Å². The molecular weight excluding hydrogens is 248 g/mol. The SMILES string of the molecule is CCCNc1nc(C)nc(NC(C)CCC(C)C)c1C. The van der Waals surface area contributed by atoms with E-state index in [2.05, 4.69) is 55.2 Å². The maximum atomic E-state index is 4.55. The molecule has 0 fully saturated rings. The maximum Gasteiger partial charge on any atom is 0.134 e. The van der Waals surface area contributed by atoms with E-state index in [4.69, 9.17) is 0 Å². The molecule has 2 N–H and O–H groups in total. The average Bonchev–Trinajstić information content (AvgIpc) is 2.38. The van der Waals surface area contributed by atoms with Crippen LogP contribution in [-0.4, -0.2) is 22.6 Å². The summed E-state index contributed by atoms with van der Waals surface area (Å²) in [6.07, 6.45) is 3.49. The Labute approximate surface area is 123 Å². The second kappa shape index (κ2) is 8.08. The van der Waals surface area contributed by atoms with Crippen LogP contribution in [0.5, 0.6) is 0 Å². The Balaban J connectivity index is 2.75. The van der Waals surface area contributed by atoms with Crippen molar-refractivity contribution in [3.05, 3.63) is 11.4 Å². The molecule has 1 aromatic heterocycles. The lowest BCUT2D eigenvalue weighted by atomic mass is 10.0. The first-order chi connectivity index (χ1) is 9.43. The van der Waals surface area contributed by atoms with Gasteiger partial charge < -0.3 is 10.6 Å². The van der Waals surface area contributed by atoms with Crippen molar-refractivity contribution >= 4 is 11.6 Å². The molecule has 0 aliphatic carbocycles. The summed E-state index contributed by atoms with van der Waals surface area (Å²) in [6.45, 7) is 13.9. The molecule has 0 saturated carbocycles. The molecule has 1 aromatic rings. The number of rotatable bonds is 8. The third-order valence-electron chi connectivity index (χ3n) is 3.36. The molecule has 0 aliphatic rings. The Hall–Kier alpha value is -1.32. The van der Waals surface area contributed by atoms with Crippen molar-refractivity contribution in [3.63, 3.8) is 0 Å². The number of aromatic nitrogens is 2. The quantitative estimate of drug-likeness (QED) is 0.750. The van der Waals surface area contributed by atoms with Crippen LogP contribution in [0.3, 0.4) is 0 Å². The molecule has 1 heterocycles. The van der Waals surface area contributed by atoms with E-state index in [1.807, 2.05) is 6.92 Å². The number of hydrogen-bond acceptors (Lipinski definition) is 4. The highest BCUT2D eigenvalue weighted by Gasteiger charge is 2.11. The van der Waals surface area contributed by atoms with Crippen LogP contribution >= 0.6 is 0 Å². The van der Waals surface area contributed by atoms with Crippen molar-refractivity contribution in [1.82, 2.24) is 9.97 Å². The largest absolute Gasteiger partial charge is 0.370 e. The molecule has 0 aliphatic heterocycles. The number of nitrogens with one attached hydrogen (secondary N) is 2. The first-order valence-corrected chi connectivity index (χ1v) is 7.79. The van der Waals surface area contributed by atoms with E-state index in [-0.39, 0.29) is 0 Å². The van der Waals surface area contributed by atoms with E-state index in [1.165, 1.54) is 6.42 Å². The number of hydrogen-bond donors (Lipinski definition) is 2. The van der Waals surface area contributed by atoms with Crippen molar-refractivity contribution in [2.45, 2.75) is 66.8 Å². The predicted octanol–water partition coefficient (Wildman–Crippen LogP) is 4.15. The Morgan fingerprint density at radius 1 is 1.00 bits per heavy atom. The number of anilines is 2. The zero-order valence-electron chi connectivity index (χ0n) is 13.9. The van der Waals surface area contributed by atoms with Crippen LogP contribution < -0.4 is 10.6 Å². The van der Waals surface area contributed by atoms with Crippen LogP contribution in [0.1, 0.15) is 58.3 Å². The highest BCUT2D eigenvalue weighted by molar-refractivity contribution is 5.57. The lowest BCUT2D eigenvalue weighted by Crippen LogP contribution is -2.19. The van der Waals surface area contributed by atoms with E-state index in [0.29, 0.717) is 6.04 Å². The lowest BCUT2D eigenvalue weighted by Gasteiger charge is -2.19. The Morgan fingerprint density at radius 3 is 2.25 bits per heavy atom. The molecule has 0 amide bonds. The third-order valence-corrected chi connectivity index (χ3v) is 3.36. The summed E-state index contributed by atoms with van der Waals surface area (Å²) in [5.74, 6) is 3.48. The van der Waals surface area contributed by atoms with Gasteiger partial charge in [-0.1, -0.05) is 20.8 Å². The van der Waals surface area contributed by atoms with Gasteiger partial charge >= 0.3 is 0 Å². The van der Waals surface area contributed by atoms with Gasteiger partial charge in [0.2, 0.25) is 0 Å². The van der Waals surface area contributed by atoms with Gasteiger partial charge in [-0.3, -0.25) is 0 Å². The van der Waals surface area contributed by atoms with Crippen LogP contribution in [-0.2, 0) is 0 Å². The summed E-state index contributed by atoms with van der Waals surface area (Å²) in [5, 5.41) is 6.91. The van der Waals surface area contributed by atoms with Gasteiger partial charge in [0.15, 0.2) is 0 Å². The lowest BCUT2D eigenvalue weighted by molar-refractivity contribution is 0.527. The smallest absolute Gasteiger partial charge is 0.134 e. The molecule has 0 aromatic carbocycles. The highest BCUT2D eigenvalue weighted by atomic mass is 15.1. The minimum Gasteiger partial charge on any atom is -0.370 e. The molecule has 1 rings (SSSR count). The molecule has 20 heavy (non-hydrogen) atoms. The third kappa shape index (κ3) is 5.35. The Morgan fingerprint density at radius 2 is 1.65 bits per heavy atom. The fraction of sp³-hybridized carbons (Fsp3) is 0.750. The minimum absolute atomic E-state index is 0.435. The fourth-order valence-electron chi connectivity index (χ4n) is 2.07. The van der Waals surface area contributed by atoms with Gasteiger partial charge in [-0.15, -0.1) is 0 Å². The molecule has 114 valence electrons. The summed E-state index contributed by atoms with van der Waals surface area (Å²) < 4.78 is 0. The minimum atomic E-state index is 0.435.